The molecule has 2 nitrogen and oxygen atoms in total. The Labute approximate surface area is 147 Å². The predicted molar refractivity (Wildman–Crippen MR) is 97.9 cm³/mol. The lowest BCUT2D eigenvalue weighted by molar-refractivity contribution is -0.157. The maximum absolute atomic E-state index is 12.5. The molecule has 2 saturated carbocycles. The number of carbonyl (C=O) groups is 1. The highest BCUT2D eigenvalue weighted by Crippen LogP contribution is 2.36. The van der Waals surface area contributed by atoms with Gasteiger partial charge in [0.15, 0.2) is 0 Å². The molecule has 3 rings (SSSR count). The molecule has 0 amide bonds. The molecule has 0 heterocycles. The summed E-state index contributed by atoms with van der Waals surface area (Å²) in [5.41, 5.74) is 1.44. The predicted octanol–water partition coefficient (Wildman–Crippen LogP) is 5.86. The summed E-state index contributed by atoms with van der Waals surface area (Å²) >= 11 is 0. The van der Waals surface area contributed by atoms with Gasteiger partial charge in [0, 0.05) is 0 Å². The molecule has 2 heteroatoms. The van der Waals surface area contributed by atoms with E-state index in [0.717, 1.165) is 44.4 Å². The fourth-order valence-corrected chi connectivity index (χ4v) is 4.59. The number of benzene rings is 1. The molecule has 1 aromatic rings. The van der Waals surface area contributed by atoms with Gasteiger partial charge in [-0.25, -0.2) is 0 Å². The van der Waals surface area contributed by atoms with Crippen molar-refractivity contribution in [2.24, 2.45) is 11.8 Å². The van der Waals surface area contributed by atoms with Gasteiger partial charge >= 0.3 is 5.97 Å². The molecule has 0 saturated heterocycles. The monoisotopic (exact) mass is 328 g/mol. The molecule has 0 aliphatic heterocycles. The van der Waals surface area contributed by atoms with Crippen LogP contribution in [0, 0.1) is 11.8 Å². The molecule has 0 aromatic heterocycles. The fraction of sp³-hybridized carbons (Fsp3) is 0.682. The van der Waals surface area contributed by atoms with E-state index < -0.39 is 0 Å². The van der Waals surface area contributed by atoms with Gasteiger partial charge < -0.3 is 4.74 Å². The van der Waals surface area contributed by atoms with Crippen LogP contribution in [0.3, 0.4) is 0 Å². The van der Waals surface area contributed by atoms with Crippen molar-refractivity contribution in [3.8, 4) is 0 Å². The zero-order valence-electron chi connectivity index (χ0n) is 15.1. The zero-order chi connectivity index (χ0) is 16.8. The van der Waals surface area contributed by atoms with Crippen molar-refractivity contribution in [1.82, 2.24) is 0 Å². The van der Waals surface area contributed by atoms with Crippen LogP contribution in [0.4, 0.5) is 0 Å². The summed E-state index contributed by atoms with van der Waals surface area (Å²) in [5.74, 6) is 1.75. The van der Waals surface area contributed by atoms with Crippen molar-refractivity contribution >= 4 is 5.97 Å². The summed E-state index contributed by atoms with van der Waals surface area (Å²) in [4.78, 5) is 12.5. The Balaban J connectivity index is 1.41. The summed E-state index contributed by atoms with van der Waals surface area (Å²) in [6.07, 6.45) is 11.6. The lowest BCUT2D eigenvalue weighted by Gasteiger charge is -2.31. The van der Waals surface area contributed by atoms with Crippen LogP contribution in [0.15, 0.2) is 30.3 Å². The molecule has 0 spiro atoms. The molecule has 2 aliphatic carbocycles. The summed E-state index contributed by atoms with van der Waals surface area (Å²) in [7, 11) is 0. The average Bonchev–Trinajstić information content (AvgIpc) is 2.64. The molecule has 2 fully saturated rings. The van der Waals surface area contributed by atoms with Gasteiger partial charge in [0.2, 0.25) is 0 Å². The summed E-state index contributed by atoms with van der Waals surface area (Å²) in [6.45, 7) is 2.26. The van der Waals surface area contributed by atoms with Gasteiger partial charge in [0.25, 0.3) is 0 Å². The first kappa shape index (κ1) is 17.5. The van der Waals surface area contributed by atoms with Crippen molar-refractivity contribution in [3.05, 3.63) is 35.9 Å². The Hall–Kier alpha value is -1.31. The van der Waals surface area contributed by atoms with E-state index >= 15 is 0 Å². The van der Waals surface area contributed by atoms with E-state index in [-0.39, 0.29) is 18.0 Å². The van der Waals surface area contributed by atoms with Crippen LogP contribution in [-0.2, 0) is 9.53 Å². The molecule has 0 unspecified atom stereocenters. The van der Waals surface area contributed by atoms with Gasteiger partial charge in [0.05, 0.1) is 5.92 Å². The number of hydrogen-bond acceptors (Lipinski definition) is 2. The topological polar surface area (TPSA) is 26.3 Å². The minimum atomic E-state index is 0.0908. The second kappa shape index (κ2) is 8.69. The first-order chi connectivity index (χ1) is 11.8. The molecule has 0 atom stereocenters. The van der Waals surface area contributed by atoms with Gasteiger partial charge in [-0.05, 0) is 68.8 Å². The van der Waals surface area contributed by atoms with Gasteiger partial charge in [0.1, 0.15) is 6.10 Å². The normalized spacial score (nSPS) is 30.7. The van der Waals surface area contributed by atoms with E-state index in [9.17, 15) is 4.79 Å². The average molecular weight is 328 g/mol. The SMILES string of the molecule is CCC[C@H]1CC[C@H](C(=O)O[C@H]2CC[C@H](c3ccccc3)CC2)CC1. The van der Waals surface area contributed by atoms with E-state index in [1.165, 1.54) is 31.2 Å². The van der Waals surface area contributed by atoms with Crippen LogP contribution in [0.5, 0.6) is 0 Å². The summed E-state index contributed by atoms with van der Waals surface area (Å²) in [5, 5.41) is 0. The third-order valence-electron chi connectivity index (χ3n) is 6.11. The van der Waals surface area contributed by atoms with Crippen LogP contribution >= 0.6 is 0 Å². The van der Waals surface area contributed by atoms with E-state index in [1.54, 1.807) is 0 Å². The molecule has 0 bridgehead atoms. The highest BCUT2D eigenvalue weighted by atomic mass is 16.5. The second-order valence-electron chi connectivity index (χ2n) is 7.83. The number of rotatable bonds is 5. The van der Waals surface area contributed by atoms with Gasteiger partial charge in [-0.2, -0.15) is 0 Å². The first-order valence-corrected chi connectivity index (χ1v) is 10.0. The quantitative estimate of drug-likeness (QED) is 0.633. The van der Waals surface area contributed by atoms with Crippen LogP contribution in [-0.4, -0.2) is 12.1 Å². The molecular weight excluding hydrogens is 296 g/mol. The Kier molecular flexibility index (Phi) is 6.34. The Morgan fingerprint density at radius 1 is 0.958 bits per heavy atom. The highest BCUT2D eigenvalue weighted by molar-refractivity contribution is 5.72. The van der Waals surface area contributed by atoms with Crippen LogP contribution < -0.4 is 0 Å². The molecule has 0 radical (unpaired) electrons. The van der Waals surface area contributed by atoms with Crippen molar-refractivity contribution < 1.29 is 9.53 Å². The van der Waals surface area contributed by atoms with Crippen molar-refractivity contribution in [3.63, 3.8) is 0 Å². The Morgan fingerprint density at radius 3 is 2.25 bits per heavy atom. The number of esters is 1. The fourth-order valence-electron chi connectivity index (χ4n) is 4.59. The van der Waals surface area contributed by atoms with Gasteiger partial charge in [-0.3, -0.25) is 4.79 Å². The van der Waals surface area contributed by atoms with Crippen LogP contribution in [0.2, 0.25) is 0 Å². The minimum Gasteiger partial charge on any atom is -0.462 e. The van der Waals surface area contributed by atoms with Crippen molar-refractivity contribution in [2.45, 2.75) is 83.2 Å². The van der Waals surface area contributed by atoms with Crippen molar-refractivity contribution in [2.75, 3.05) is 0 Å². The van der Waals surface area contributed by atoms with E-state index in [0.29, 0.717) is 5.92 Å². The molecule has 24 heavy (non-hydrogen) atoms. The maximum Gasteiger partial charge on any atom is 0.309 e. The molecular formula is C22H32O2. The Bertz CT molecular complexity index is 494. The van der Waals surface area contributed by atoms with Crippen LogP contribution in [0.25, 0.3) is 0 Å². The smallest absolute Gasteiger partial charge is 0.309 e. The third kappa shape index (κ3) is 4.62. The first-order valence-electron chi connectivity index (χ1n) is 10.0. The van der Waals surface area contributed by atoms with Gasteiger partial charge in [-0.15, -0.1) is 0 Å². The van der Waals surface area contributed by atoms with E-state index in [2.05, 4.69) is 37.3 Å². The third-order valence-corrected chi connectivity index (χ3v) is 6.11. The lowest BCUT2D eigenvalue weighted by atomic mass is 9.80. The lowest BCUT2D eigenvalue weighted by Crippen LogP contribution is -2.29. The standard InChI is InChI=1S/C22H32O2/c1-2-6-17-9-11-20(12-10-17)22(23)24-21-15-13-19(14-16-21)18-7-4-3-5-8-18/h3-5,7-8,17,19-21H,2,6,9-16H2,1H3/t17-,19-,20-,21-. The molecule has 132 valence electrons. The maximum atomic E-state index is 12.5. The summed E-state index contributed by atoms with van der Waals surface area (Å²) < 4.78 is 5.87. The van der Waals surface area contributed by atoms with E-state index in [1.807, 2.05) is 0 Å². The van der Waals surface area contributed by atoms with Gasteiger partial charge in [-0.1, -0.05) is 50.1 Å². The molecule has 1 aromatic carbocycles. The number of hydrogen-bond donors (Lipinski definition) is 0. The van der Waals surface area contributed by atoms with Crippen molar-refractivity contribution in [1.29, 1.82) is 0 Å². The number of ether oxygens (including phenoxy) is 1. The largest absolute Gasteiger partial charge is 0.462 e. The minimum absolute atomic E-state index is 0.0908. The highest BCUT2D eigenvalue weighted by Gasteiger charge is 2.30. The molecule has 0 N–H and O–H groups in total. The van der Waals surface area contributed by atoms with E-state index in [4.69, 9.17) is 4.74 Å². The van der Waals surface area contributed by atoms with Crippen LogP contribution in [0.1, 0.15) is 82.6 Å². The zero-order valence-corrected chi connectivity index (χ0v) is 15.1. The summed E-state index contributed by atoms with van der Waals surface area (Å²) in [6, 6.07) is 10.8. The molecule has 2 aliphatic rings. The number of carbonyl (C=O) groups excluding carboxylic acids is 1. The Morgan fingerprint density at radius 2 is 1.62 bits per heavy atom. The second-order valence-corrected chi connectivity index (χ2v) is 7.83.